The second-order valence-electron chi connectivity index (χ2n) is 3.75. The highest BCUT2D eigenvalue weighted by Gasteiger charge is 2.26. The Balaban J connectivity index is 3.36. The fraction of sp³-hybridized carbons (Fsp3) is 0.778. The molecule has 0 aliphatic carbocycles. The van der Waals surface area contributed by atoms with E-state index >= 15 is 0 Å². The lowest BCUT2D eigenvalue weighted by Gasteiger charge is -2.17. The molecule has 90 valence electrons. The third kappa shape index (κ3) is 8.51. The van der Waals surface area contributed by atoms with Gasteiger partial charge in [0.15, 0.2) is 0 Å². The van der Waals surface area contributed by atoms with Crippen LogP contribution in [0.15, 0.2) is 12.1 Å². The molecule has 0 unspecified atom stereocenters. The second-order valence-corrected chi connectivity index (χ2v) is 3.75. The molecule has 0 saturated heterocycles. The Hall–Kier alpha value is -0.485. The summed E-state index contributed by atoms with van der Waals surface area (Å²) in [4.78, 5) is 0. The Kier molecular flexibility index (Phi) is 6.68. The van der Waals surface area contributed by atoms with Crippen LogP contribution in [-0.4, -0.2) is 33.4 Å². The molecule has 0 fully saturated rings. The Morgan fingerprint density at radius 1 is 1.20 bits per heavy atom. The van der Waals surface area contributed by atoms with E-state index in [2.05, 4.69) is 6.58 Å². The van der Waals surface area contributed by atoms with Gasteiger partial charge < -0.3 is 22.4 Å². The maximum Gasteiger partial charge on any atom is 0.507 e. The zero-order chi connectivity index (χ0) is 11.9. The molecule has 0 heterocycles. The summed E-state index contributed by atoms with van der Waals surface area (Å²) >= 11 is 0. The van der Waals surface area contributed by atoms with Gasteiger partial charge in [-0.2, -0.15) is 0 Å². The van der Waals surface area contributed by atoms with E-state index in [0.717, 1.165) is 0 Å². The Morgan fingerprint density at radius 3 is 2.20 bits per heavy atom. The highest BCUT2D eigenvalue weighted by Crippen LogP contribution is 2.17. The molecule has 0 rings (SSSR count). The predicted molar refractivity (Wildman–Crippen MR) is 54.7 cm³/mol. The minimum atomic E-state index is -4.97. The number of hydrogen-bond donors (Lipinski definition) is 0. The molecule has 0 aliphatic rings. The Bertz CT molecular complexity index is 192. The fourth-order valence-electron chi connectivity index (χ4n) is 0.735. The zero-order valence-electron chi connectivity index (χ0n) is 9.14. The summed E-state index contributed by atoms with van der Waals surface area (Å²) in [5.41, 5.74) is -0.807. The van der Waals surface area contributed by atoms with E-state index in [1.54, 1.807) is 0 Å². The summed E-state index contributed by atoms with van der Waals surface area (Å²) in [6.45, 7) is 2.54. The van der Waals surface area contributed by atoms with Gasteiger partial charge >= 0.3 is 6.98 Å². The minimum absolute atomic E-state index is 0.165. The van der Waals surface area contributed by atoms with Crippen molar-refractivity contribution in [2.45, 2.75) is 13.8 Å². The van der Waals surface area contributed by atoms with E-state index in [1.165, 1.54) is 0 Å². The van der Waals surface area contributed by atoms with Gasteiger partial charge in [-0.1, -0.05) is 13.8 Å². The molecule has 0 saturated carbocycles. The van der Waals surface area contributed by atoms with Crippen LogP contribution in [0.3, 0.4) is 0 Å². The van der Waals surface area contributed by atoms with Gasteiger partial charge in [-0.25, -0.2) is 0 Å². The maximum atomic E-state index is 12.0. The van der Waals surface area contributed by atoms with Crippen molar-refractivity contribution in [2.24, 2.45) is 5.92 Å². The summed E-state index contributed by atoms with van der Waals surface area (Å²) in [5.74, 6) is 0.415. The van der Waals surface area contributed by atoms with Crippen LogP contribution in [-0.2, 0) is 9.47 Å². The van der Waals surface area contributed by atoms with Gasteiger partial charge in [-0.15, -0.1) is 12.1 Å². The van der Waals surface area contributed by atoms with E-state index in [0.29, 0.717) is 19.1 Å². The third-order valence-electron chi connectivity index (χ3n) is 1.57. The quantitative estimate of drug-likeness (QED) is 0.467. The van der Waals surface area contributed by atoms with Gasteiger partial charge in [0.05, 0.1) is 13.2 Å². The molecule has 0 aliphatic heterocycles. The third-order valence-corrected chi connectivity index (χ3v) is 1.57. The number of ether oxygens (including phenoxy) is 2. The Morgan fingerprint density at radius 2 is 1.73 bits per heavy atom. The van der Waals surface area contributed by atoms with Gasteiger partial charge in [-0.3, -0.25) is 0 Å². The fourth-order valence-corrected chi connectivity index (χ4v) is 0.735. The monoisotopic (exact) mass is 225 g/mol. The minimum Gasteiger partial charge on any atom is -0.445 e. The highest BCUT2D eigenvalue weighted by molar-refractivity contribution is 6.66. The van der Waals surface area contributed by atoms with Crippen LogP contribution in [0.25, 0.3) is 0 Å². The van der Waals surface area contributed by atoms with Crippen molar-refractivity contribution in [1.29, 1.82) is 0 Å². The van der Waals surface area contributed by atoms with Gasteiger partial charge in [-0.05, 0) is 5.92 Å². The maximum absolute atomic E-state index is 12.0. The largest absolute Gasteiger partial charge is 0.507 e. The summed E-state index contributed by atoms with van der Waals surface area (Å²) in [5, 5.41) is 0. The summed E-state index contributed by atoms with van der Waals surface area (Å²) in [6.07, 6.45) is 0. The van der Waals surface area contributed by atoms with Crippen LogP contribution in [0.5, 0.6) is 0 Å². The van der Waals surface area contributed by atoms with Crippen LogP contribution in [0.2, 0.25) is 0 Å². The molecule has 0 aromatic carbocycles. The van der Waals surface area contributed by atoms with Gasteiger partial charge in [0.25, 0.3) is 0 Å². The first-order valence-corrected chi connectivity index (χ1v) is 4.87. The average molecular weight is 225 g/mol. The van der Waals surface area contributed by atoms with Gasteiger partial charge in [0, 0.05) is 13.2 Å². The summed E-state index contributed by atoms with van der Waals surface area (Å²) < 4.78 is 45.9. The lowest BCUT2D eigenvalue weighted by atomic mass is 9.81. The molecule has 2 nitrogen and oxygen atoms in total. The molecular formula is C9H17BF3O2-. The molecule has 0 aromatic heterocycles. The number of rotatable bonds is 8. The Labute approximate surface area is 88.5 Å². The smallest absolute Gasteiger partial charge is 0.445 e. The van der Waals surface area contributed by atoms with Crippen molar-refractivity contribution in [2.75, 3.05) is 26.4 Å². The van der Waals surface area contributed by atoms with Gasteiger partial charge in [0.2, 0.25) is 0 Å². The van der Waals surface area contributed by atoms with Crippen molar-refractivity contribution in [1.82, 2.24) is 0 Å². The van der Waals surface area contributed by atoms with Crippen LogP contribution in [0.1, 0.15) is 13.8 Å². The lowest BCUT2D eigenvalue weighted by molar-refractivity contribution is 0.0454. The molecule has 15 heavy (non-hydrogen) atoms. The van der Waals surface area contributed by atoms with Crippen LogP contribution >= 0.6 is 0 Å². The SMILES string of the molecule is C=C(COCCOCC(C)C)[B-](F)(F)F. The van der Waals surface area contributed by atoms with E-state index in [-0.39, 0.29) is 6.61 Å². The van der Waals surface area contributed by atoms with Crippen LogP contribution in [0.4, 0.5) is 12.9 Å². The molecular weight excluding hydrogens is 208 g/mol. The van der Waals surface area contributed by atoms with Crippen molar-refractivity contribution < 1.29 is 22.4 Å². The molecule has 0 spiro atoms. The summed E-state index contributed by atoms with van der Waals surface area (Å²) in [6, 6.07) is 0. The molecule has 0 atom stereocenters. The molecule has 0 radical (unpaired) electrons. The van der Waals surface area contributed by atoms with Crippen LogP contribution < -0.4 is 0 Å². The highest BCUT2D eigenvalue weighted by atomic mass is 19.4. The molecule has 0 N–H and O–H groups in total. The number of halogens is 3. The zero-order valence-corrected chi connectivity index (χ0v) is 9.14. The standard InChI is InChI=1S/C9H17BF3O2/c1-8(2)6-14-4-5-15-7-9(3)10(11,12)13/h8H,3-7H2,1-2H3/q-1. The van der Waals surface area contributed by atoms with E-state index in [1.807, 2.05) is 13.8 Å². The van der Waals surface area contributed by atoms with Crippen molar-refractivity contribution in [3.63, 3.8) is 0 Å². The molecule has 0 amide bonds. The molecule has 0 bridgehead atoms. The number of hydrogen-bond acceptors (Lipinski definition) is 2. The van der Waals surface area contributed by atoms with Crippen molar-refractivity contribution in [3.05, 3.63) is 12.1 Å². The van der Waals surface area contributed by atoms with Crippen LogP contribution in [0, 0.1) is 5.92 Å². The average Bonchev–Trinajstić information content (AvgIpc) is 2.08. The first-order chi connectivity index (χ1) is 6.84. The van der Waals surface area contributed by atoms with E-state index in [9.17, 15) is 12.9 Å². The normalized spacial score (nSPS) is 12.1. The first kappa shape index (κ1) is 14.5. The predicted octanol–water partition coefficient (Wildman–Crippen LogP) is 2.62. The van der Waals surface area contributed by atoms with Gasteiger partial charge in [0.1, 0.15) is 0 Å². The van der Waals surface area contributed by atoms with E-state index in [4.69, 9.17) is 9.47 Å². The van der Waals surface area contributed by atoms with E-state index < -0.39 is 19.1 Å². The molecule has 0 aromatic rings. The topological polar surface area (TPSA) is 18.5 Å². The van der Waals surface area contributed by atoms with Crippen molar-refractivity contribution >= 4 is 6.98 Å². The second kappa shape index (κ2) is 6.90. The lowest BCUT2D eigenvalue weighted by Crippen LogP contribution is -2.23. The van der Waals surface area contributed by atoms with Crippen molar-refractivity contribution in [3.8, 4) is 0 Å². The summed E-state index contributed by atoms with van der Waals surface area (Å²) in [7, 11) is 0. The first-order valence-electron chi connectivity index (χ1n) is 4.87. The molecule has 6 heteroatoms.